The highest BCUT2D eigenvalue weighted by Crippen LogP contribution is 2.04. The van der Waals surface area contributed by atoms with Crippen LogP contribution in [0.25, 0.3) is 0 Å². The maximum Gasteiger partial charge on any atom is 0.104 e. The van der Waals surface area contributed by atoms with Crippen molar-refractivity contribution in [3.05, 3.63) is 0 Å². The highest BCUT2D eigenvalue weighted by atomic mass is 31.1. The van der Waals surface area contributed by atoms with Gasteiger partial charge in [0.25, 0.3) is 0 Å². The summed E-state index contributed by atoms with van der Waals surface area (Å²) in [5.41, 5.74) is 0. The first-order valence-corrected chi connectivity index (χ1v) is 6.43. The van der Waals surface area contributed by atoms with Crippen LogP contribution >= 0.6 is 16.9 Å². The second-order valence-electron chi connectivity index (χ2n) is 2.23. The predicted molar refractivity (Wildman–Crippen MR) is 57.9 cm³/mol. The normalized spacial score (nSPS) is 12.4. The molecule has 11 heavy (non-hydrogen) atoms. The van der Waals surface area contributed by atoms with Crippen molar-refractivity contribution in [2.45, 2.75) is 12.8 Å². The fraction of sp³-hybridized carbons (Fsp3) is 1.00. The number of rotatable bonds is 8. The van der Waals surface area contributed by atoms with Crippen LogP contribution in [0.4, 0.5) is 0 Å². The third-order valence-corrected chi connectivity index (χ3v) is 2.50. The Balaban J connectivity index is 2.69. The van der Waals surface area contributed by atoms with Crippen molar-refractivity contribution < 1.29 is 4.74 Å². The molecule has 5 heteroatoms. The molecule has 60 valence electrons. The van der Waals surface area contributed by atoms with Gasteiger partial charge >= 0.3 is 0 Å². The topological polar surface area (TPSA) is 9.23 Å². The summed E-state index contributed by atoms with van der Waals surface area (Å²) in [6.07, 6.45) is 4.39. The van der Waals surface area contributed by atoms with Crippen LogP contribution < -0.4 is 0 Å². The molecule has 2 unspecified atom stereocenters. The lowest BCUT2D eigenvalue weighted by Crippen LogP contribution is -1.98. The predicted octanol–water partition coefficient (Wildman–Crippen LogP) is 1.31. The number of hydrogen-bond acceptors (Lipinski definition) is 1. The third kappa shape index (κ3) is 10.9. The lowest BCUT2D eigenvalue weighted by Gasteiger charge is -2.02. The first-order chi connectivity index (χ1) is 5.41. The van der Waals surface area contributed by atoms with E-state index in [9.17, 15) is 0 Å². The van der Waals surface area contributed by atoms with Gasteiger partial charge in [-0.05, 0) is 25.2 Å². The van der Waals surface area contributed by atoms with E-state index < -0.39 is 0 Å². The Hall–Kier alpha value is 0.950. The molecule has 0 aromatic heterocycles. The molecule has 0 saturated carbocycles. The molecular weight excluding hydrogens is 172 g/mol. The molecule has 0 aliphatic carbocycles. The van der Waals surface area contributed by atoms with Gasteiger partial charge in [-0.15, -0.1) is 0 Å². The zero-order chi connectivity index (χ0) is 8.36. The molecule has 0 spiro atoms. The van der Waals surface area contributed by atoms with Crippen molar-refractivity contribution in [3.63, 3.8) is 0 Å². The molecule has 0 heterocycles. The van der Waals surface area contributed by atoms with E-state index in [4.69, 9.17) is 19.9 Å². The van der Waals surface area contributed by atoms with Crippen molar-refractivity contribution in [1.29, 1.82) is 0 Å². The molecule has 0 N–H and O–H groups in total. The molecule has 4 radical (unpaired) electrons. The van der Waals surface area contributed by atoms with Crippen molar-refractivity contribution in [3.8, 4) is 0 Å². The molecule has 0 aliphatic heterocycles. The lowest BCUT2D eigenvalue weighted by atomic mass is 10.5. The van der Waals surface area contributed by atoms with Crippen LogP contribution in [-0.2, 0) is 4.74 Å². The maximum absolute atomic E-state index is 5.35. The standard InChI is InChI=1S/C6H14B2OP2/c7-10-5-1-3-9-4-2-6-11-8/h10-11H,1-6H2. The minimum atomic E-state index is 0.571. The Bertz CT molecular complexity index is 67.6. The second kappa shape index (κ2) is 10.9. The van der Waals surface area contributed by atoms with Gasteiger partial charge in [0.1, 0.15) is 15.1 Å². The quantitative estimate of drug-likeness (QED) is 0.315. The van der Waals surface area contributed by atoms with E-state index in [1.807, 2.05) is 0 Å². The fourth-order valence-corrected chi connectivity index (χ4v) is 1.35. The van der Waals surface area contributed by atoms with Crippen LogP contribution in [0.5, 0.6) is 0 Å². The van der Waals surface area contributed by atoms with E-state index in [1.165, 1.54) is 0 Å². The van der Waals surface area contributed by atoms with Gasteiger partial charge in [0.2, 0.25) is 0 Å². The van der Waals surface area contributed by atoms with E-state index in [0.29, 0.717) is 16.9 Å². The first kappa shape index (κ1) is 11.9. The Morgan fingerprint density at radius 1 is 0.909 bits per heavy atom. The van der Waals surface area contributed by atoms with Gasteiger partial charge < -0.3 is 4.74 Å². The first-order valence-electron chi connectivity index (χ1n) is 3.86. The largest absolute Gasteiger partial charge is 0.381 e. The molecule has 0 bridgehead atoms. The average molecular weight is 186 g/mol. The Morgan fingerprint density at radius 2 is 1.36 bits per heavy atom. The van der Waals surface area contributed by atoms with Crippen molar-refractivity contribution in [2.24, 2.45) is 0 Å². The van der Waals surface area contributed by atoms with E-state index in [2.05, 4.69) is 0 Å². The summed E-state index contributed by atoms with van der Waals surface area (Å²) < 4.78 is 5.34. The Morgan fingerprint density at radius 3 is 1.73 bits per heavy atom. The molecule has 0 saturated heterocycles. The van der Waals surface area contributed by atoms with Gasteiger partial charge in [-0.2, -0.15) is 16.9 Å². The summed E-state index contributed by atoms with van der Waals surface area (Å²) in [4.78, 5) is 0. The summed E-state index contributed by atoms with van der Waals surface area (Å²) in [6, 6.07) is 0. The Kier molecular flexibility index (Phi) is 11.9. The smallest absolute Gasteiger partial charge is 0.104 e. The molecule has 0 fully saturated rings. The van der Waals surface area contributed by atoms with E-state index in [-0.39, 0.29) is 0 Å². The Labute approximate surface area is 75.7 Å². The molecule has 0 rings (SSSR count). The highest BCUT2D eigenvalue weighted by molar-refractivity contribution is 7.66. The van der Waals surface area contributed by atoms with Crippen LogP contribution in [0.15, 0.2) is 0 Å². The van der Waals surface area contributed by atoms with E-state index >= 15 is 0 Å². The molecule has 0 amide bonds. The van der Waals surface area contributed by atoms with E-state index in [1.54, 1.807) is 0 Å². The maximum atomic E-state index is 5.35. The van der Waals surface area contributed by atoms with Gasteiger partial charge in [-0.25, -0.2) is 0 Å². The minimum absolute atomic E-state index is 0.571. The van der Waals surface area contributed by atoms with Crippen molar-refractivity contribution >= 4 is 32.1 Å². The van der Waals surface area contributed by atoms with Gasteiger partial charge in [-0.1, -0.05) is 0 Å². The van der Waals surface area contributed by atoms with Crippen LogP contribution in [0.3, 0.4) is 0 Å². The average Bonchev–Trinajstić information content (AvgIpc) is 2.03. The van der Waals surface area contributed by atoms with Gasteiger partial charge in [0.15, 0.2) is 0 Å². The monoisotopic (exact) mass is 186 g/mol. The summed E-state index contributed by atoms with van der Waals surface area (Å²) in [5, 5.41) is 0. The van der Waals surface area contributed by atoms with Crippen LogP contribution in [0, 0.1) is 0 Å². The molecular formula is C6H14B2OP2. The van der Waals surface area contributed by atoms with Gasteiger partial charge in [0, 0.05) is 13.2 Å². The second-order valence-corrected chi connectivity index (χ2v) is 4.04. The molecule has 0 aromatic carbocycles. The van der Waals surface area contributed by atoms with Crippen LogP contribution in [0.2, 0.25) is 0 Å². The van der Waals surface area contributed by atoms with Gasteiger partial charge in [-0.3, -0.25) is 0 Å². The SMILES string of the molecule is [B]PCCCOCCCP[B]. The zero-order valence-corrected chi connectivity index (χ0v) is 8.81. The van der Waals surface area contributed by atoms with Crippen LogP contribution in [0.1, 0.15) is 12.8 Å². The summed E-state index contributed by atoms with van der Waals surface area (Å²) in [5.74, 6) is 0. The van der Waals surface area contributed by atoms with Crippen LogP contribution in [-0.4, -0.2) is 40.7 Å². The summed E-state index contributed by atoms with van der Waals surface area (Å²) >= 11 is 0. The lowest BCUT2D eigenvalue weighted by molar-refractivity contribution is 0.137. The molecule has 0 aromatic rings. The molecule has 1 nitrogen and oxygen atoms in total. The summed E-state index contributed by atoms with van der Waals surface area (Å²) in [7, 11) is 11.8. The molecule has 2 atom stereocenters. The highest BCUT2D eigenvalue weighted by Gasteiger charge is 1.87. The van der Waals surface area contributed by atoms with Gasteiger partial charge in [0.05, 0.1) is 0 Å². The van der Waals surface area contributed by atoms with Crippen molar-refractivity contribution in [2.75, 3.05) is 25.5 Å². The minimum Gasteiger partial charge on any atom is -0.381 e. The summed E-state index contributed by atoms with van der Waals surface area (Å²) in [6.45, 7) is 1.72. The van der Waals surface area contributed by atoms with Crippen molar-refractivity contribution in [1.82, 2.24) is 0 Å². The fourth-order valence-electron chi connectivity index (χ4n) is 0.655. The number of ether oxygens (including phenoxy) is 1. The zero-order valence-electron chi connectivity index (χ0n) is 6.81. The number of hydrogen-bond donors (Lipinski definition) is 0. The molecule has 0 aliphatic rings. The van der Waals surface area contributed by atoms with E-state index in [0.717, 1.165) is 38.4 Å². The third-order valence-electron chi connectivity index (χ3n) is 1.22.